The van der Waals surface area contributed by atoms with Gasteiger partial charge in [0.05, 0.1) is 5.41 Å². The summed E-state index contributed by atoms with van der Waals surface area (Å²) in [5.74, 6) is 0. The first-order chi connectivity index (χ1) is 8.22. The number of anilines is 1. The maximum Gasteiger partial charge on any atom is 0.130 e. The second-order valence-electron chi connectivity index (χ2n) is 5.11. The number of aryl methyl sites for hydroxylation is 1. The molecule has 92 valence electrons. The van der Waals surface area contributed by atoms with Crippen LogP contribution in [0.1, 0.15) is 50.2 Å². The van der Waals surface area contributed by atoms with Gasteiger partial charge in [0.2, 0.25) is 0 Å². The summed E-state index contributed by atoms with van der Waals surface area (Å²) in [4.78, 5) is 11.5. The van der Waals surface area contributed by atoms with Crippen LogP contribution in [0.4, 0.5) is 5.69 Å². The van der Waals surface area contributed by atoms with Gasteiger partial charge in [0, 0.05) is 5.69 Å². The Kier molecular flexibility index (Phi) is 3.51. The van der Waals surface area contributed by atoms with Gasteiger partial charge in [-0.15, -0.1) is 0 Å². The van der Waals surface area contributed by atoms with Gasteiger partial charge in [0.15, 0.2) is 0 Å². The fourth-order valence-electron chi connectivity index (χ4n) is 2.92. The quantitative estimate of drug-likeness (QED) is 0.641. The monoisotopic (exact) mass is 231 g/mol. The Bertz CT molecular complexity index is 405. The Morgan fingerprint density at radius 1 is 1.29 bits per heavy atom. The highest BCUT2D eigenvalue weighted by atomic mass is 16.1. The van der Waals surface area contributed by atoms with Crippen molar-refractivity contribution in [2.75, 3.05) is 5.73 Å². The van der Waals surface area contributed by atoms with Crippen molar-refractivity contribution in [1.82, 2.24) is 0 Å². The molecule has 0 aromatic heterocycles. The molecule has 0 spiro atoms. The summed E-state index contributed by atoms with van der Waals surface area (Å²) in [5, 5.41) is 0. The Labute approximate surface area is 103 Å². The minimum atomic E-state index is -0.311. The minimum Gasteiger partial charge on any atom is -0.398 e. The molecule has 0 radical (unpaired) electrons. The molecular formula is C15H21NO. The summed E-state index contributed by atoms with van der Waals surface area (Å²) >= 11 is 0. The van der Waals surface area contributed by atoms with Gasteiger partial charge in [-0.05, 0) is 36.5 Å². The molecular weight excluding hydrogens is 210 g/mol. The summed E-state index contributed by atoms with van der Waals surface area (Å²) in [6.45, 7) is 2.12. The number of nitrogens with two attached hydrogens (primary N) is 1. The van der Waals surface area contributed by atoms with Gasteiger partial charge in [-0.1, -0.05) is 38.3 Å². The Hall–Kier alpha value is -1.31. The molecule has 2 heteroatoms. The molecule has 2 N–H and O–H groups in total. The number of rotatable bonds is 3. The van der Waals surface area contributed by atoms with Gasteiger partial charge >= 0.3 is 0 Å². The molecule has 1 fully saturated rings. The topological polar surface area (TPSA) is 43.1 Å². The van der Waals surface area contributed by atoms with Crippen LogP contribution in [0.15, 0.2) is 18.2 Å². The van der Waals surface area contributed by atoms with E-state index >= 15 is 0 Å². The molecule has 0 saturated heterocycles. The van der Waals surface area contributed by atoms with E-state index in [1.54, 1.807) is 0 Å². The van der Waals surface area contributed by atoms with Gasteiger partial charge in [-0.3, -0.25) is 0 Å². The zero-order chi connectivity index (χ0) is 12.3. The maximum absolute atomic E-state index is 11.5. The first-order valence-corrected chi connectivity index (χ1v) is 6.57. The van der Waals surface area contributed by atoms with Crippen LogP contribution in [0.2, 0.25) is 0 Å². The second kappa shape index (κ2) is 4.91. The van der Waals surface area contributed by atoms with Crippen molar-refractivity contribution in [2.45, 2.75) is 50.9 Å². The number of carbonyl (C=O) groups excluding carboxylic acids is 1. The lowest BCUT2D eigenvalue weighted by atomic mass is 9.70. The van der Waals surface area contributed by atoms with E-state index in [2.05, 4.69) is 19.1 Å². The second-order valence-corrected chi connectivity index (χ2v) is 5.11. The van der Waals surface area contributed by atoms with Crippen LogP contribution in [0.5, 0.6) is 0 Å². The molecule has 1 aliphatic rings. The number of benzene rings is 1. The van der Waals surface area contributed by atoms with Crippen LogP contribution in [0, 0.1) is 0 Å². The fraction of sp³-hybridized carbons (Fsp3) is 0.533. The minimum absolute atomic E-state index is 0.311. The summed E-state index contributed by atoms with van der Waals surface area (Å²) in [6.07, 6.45) is 7.52. The standard InChI is InChI=1S/C15H21NO/c1-2-12-6-7-13(14(16)10-12)15(11-17)8-4-3-5-9-15/h6-7,10-11H,2-5,8-9,16H2,1H3. The van der Waals surface area contributed by atoms with Crippen molar-refractivity contribution >= 4 is 12.0 Å². The largest absolute Gasteiger partial charge is 0.398 e. The lowest BCUT2D eigenvalue weighted by molar-refractivity contribution is -0.113. The molecule has 0 unspecified atom stereocenters. The molecule has 1 aromatic carbocycles. The third kappa shape index (κ3) is 2.21. The fourth-order valence-corrected chi connectivity index (χ4v) is 2.92. The molecule has 1 saturated carbocycles. The lowest BCUT2D eigenvalue weighted by Crippen LogP contribution is -2.31. The summed E-state index contributed by atoms with van der Waals surface area (Å²) in [6, 6.07) is 6.19. The summed E-state index contributed by atoms with van der Waals surface area (Å²) in [5.41, 5.74) is 8.89. The lowest BCUT2D eigenvalue weighted by Gasteiger charge is -2.33. The average Bonchev–Trinajstić information content (AvgIpc) is 2.39. The van der Waals surface area contributed by atoms with Gasteiger partial charge in [0.1, 0.15) is 6.29 Å². The average molecular weight is 231 g/mol. The first kappa shape index (κ1) is 12.2. The van der Waals surface area contributed by atoms with Gasteiger partial charge < -0.3 is 10.5 Å². The van der Waals surface area contributed by atoms with Crippen molar-refractivity contribution in [1.29, 1.82) is 0 Å². The van der Waals surface area contributed by atoms with E-state index in [1.807, 2.05) is 6.07 Å². The molecule has 17 heavy (non-hydrogen) atoms. The van der Waals surface area contributed by atoms with Crippen molar-refractivity contribution in [3.63, 3.8) is 0 Å². The number of hydrogen-bond acceptors (Lipinski definition) is 2. The Morgan fingerprint density at radius 3 is 2.53 bits per heavy atom. The molecule has 2 nitrogen and oxygen atoms in total. The van der Waals surface area contributed by atoms with Gasteiger partial charge in [0.25, 0.3) is 0 Å². The van der Waals surface area contributed by atoms with Crippen LogP contribution in [-0.2, 0) is 16.6 Å². The van der Waals surface area contributed by atoms with Crippen molar-refractivity contribution in [3.8, 4) is 0 Å². The predicted octanol–water partition coefficient (Wildman–Crippen LogP) is 3.23. The van der Waals surface area contributed by atoms with Crippen molar-refractivity contribution in [3.05, 3.63) is 29.3 Å². The van der Waals surface area contributed by atoms with E-state index in [-0.39, 0.29) is 5.41 Å². The first-order valence-electron chi connectivity index (χ1n) is 6.57. The summed E-state index contributed by atoms with van der Waals surface area (Å²) < 4.78 is 0. The van der Waals surface area contributed by atoms with Crippen molar-refractivity contribution in [2.24, 2.45) is 0 Å². The van der Waals surface area contributed by atoms with E-state index in [9.17, 15) is 4.79 Å². The molecule has 1 aliphatic carbocycles. The van der Waals surface area contributed by atoms with E-state index in [0.717, 1.165) is 49.6 Å². The zero-order valence-corrected chi connectivity index (χ0v) is 10.5. The number of carbonyl (C=O) groups is 1. The molecule has 1 aromatic rings. The van der Waals surface area contributed by atoms with Crippen LogP contribution in [0.3, 0.4) is 0 Å². The Balaban J connectivity index is 2.39. The van der Waals surface area contributed by atoms with Crippen LogP contribution >= 0.6 is 0 Å². The zero-order valence-electron chi connectivity index (χ0n) is 10.5. The Morgan fingerprint density at radius 2 is 2.00 bits per heavy atom. The molecule has 0 heterocycles. The van der Waals surface area contributed by atoms with Gasteiger partial charge in [-0.2, -0.15) is 0 Å². The number of nitrogen functional groups attached to an aromatic ring is 1. The molecule has 0 amide bonds. The van der Waals surface area contributed by atoms with E-state index in [1.165, 1.54) is 12.0 Å². The van der Waals surface area contributed by atoms with Gasteiger partial charge in [-0.25, -0.2) is 0 Å². The maximum atomic E-state index is 11.5. The van der Waals surface area contributed by atoms with E-state index in [0.29, 0.717) is 0 Å². The van der Waals surface area contributed by atoms with Crippen LogP contribution < -0.4 is 5.73 Å². The molecule has 0 bridgehead atoms. The molecule has 2 rings (SSSR count). The number of hydrogen-bond donors (Lipinski definition) is 1. The highest BCUT2D eigenvalue weighted by molar-refractivity contribution is 5.73. The predicted molar refractivity (Wildman–Crippen MR) is 71.1 cm³/mol. The third-order valence-electron chi connectivity index (χ3n) is 4.03. The summed E-state index contributed by atoms with van der Waals surface area (Å²) in [7, 11) is 0. The SMILES string of the molecule is CCc1ccc(C2(C=O)CCCCC2)c(N)c1. The molecule has 0 atom stereocenters. The third-order valence-corrected chi connectivity index (χ3v) is 4.03. The highest BCUT2D eigenvalue weighted by Crippen LogP contribution is 2.40. The normalized spacial score (nSPS) is 18.9. The highest BCUT2D eigenvalue weighted by Gasteiger charge is 2.34. The smallest absolute Gasteiger partial charge is 0.130 e. The number of aldehydes is 1. The van der Waals surface area contributed by atoms with Crippen LogP contribution in [0.25, 0.3) is 0 Å². The van der Waals surface area contributed by atoms with E-state index < -0.39 is 0 Å². The van der Waals surface area contributed by atoms with Crippen LogP contribution in [-0.4, -0.2) is 6.29 Å². The van der Waals surface area contributed by atoms with E-state index in [4.69, 9.17) is 5.73 Å². The van der Waals surface area contributed by atoms with Crippen molar-refractivity contribution < 1.29 is 4.79 Å². The molecule has 0 aliphatic heterocycles.